The minimum Gasteiger partial charge on any atom is -0.455 e. The Hall–Kier alpha value is -2.74. The maximum Gasteiger partial charge on any atom is 0.145 e. The second kappa shape index (κ2) is 4.63. The molecule has 0 saturated carbocycles. The molecular weight excluding hydrogens is 270 g/mol. The van der Waals surface area contributed by atoms with Gasteiger partial charge in [-0.3, -0.25) is 0 Å². The quantitative estimate of drug-likeness (QED) is 0.459. The van der Waals surface area contributed by atoms with Gasteiger partial charge in [0.2, 0.25) is 0 Å². The summed E-state index contributed by atoms with van der Waals surface area (Å²) in [6.07, 6.45) is 6.10. The molecule has 2 aromatic carbocycles. The van der Waals surface area contributed by atoms with E-state index in [2.05, 4.69) is 54.6 Å². The number of nitrogens with zero attached hydrogens (tertiary/aromatic N) is 1. The highest BCUT2D eigenvalue weighted by Gasteiger charge is 2.17. The molecule has 108 valence electrons. The Bertz CT molecular complexity index is 1060. The molecule has 0 fully saturated rings. The maximum absolute atomic E-state index is 6.18. The zero-order valence-electron chi connectivity index (χ0n) is 12.8. The molecule has 22 heavy (non-hydrogen) atoms. The lowest BCUT2D eigenvalue weighted by Gasteiger charge is -1.98. The molecule has 2 heteroatoms. The highest BCUT2D eigenvalue weighted by atomic mass is 16.3. The third-order valence-corrected chi connectivity index (χ3v) is 4.32. The number of fused-ring (bicyclic) bond motifs is 5. The van der Waals surface area contributed by atoms with Crippen molar-refractivity contribution in [2.45, 2.75) is 6.92 Å². The van der Waals surface area contributed by atoms with Crippen LogP contribution in [0.25, 0.3) is 45.0 Å². The number of benzene rings is 2. The van der Waals surface area contributed by atoms with Crippen molar-refractivity contribution in [3.63, 3.8) is 0 Å². The van der Waals surface area contributed by atoms with Crippen LogP contribution in [0.3, 0.4) is 0 Å². The molecule has 0 saturated heterocycles. The Kier molecular flexibility index (Phi) is 2.73. The molecule has 0 spiro atoms. The molecule has 0 atom stereocenters. The Morgan fingerprint density at radius 3 is 2.68 bits per heavy atom. The summed E-state index contributed by atoms with van der Waals surface area (Å²) in [4.78, 5) is 0. The van der Waals surface area contributed by atoms with Crippen LogP contribution in [0, 0.1) is 0 Å². The number of aromatic nitrogens is 1. The maximum atomic E-state index is 6.18. The molecule has 0 radical (unpaired) electrons. The standard InChI is InChI=1S/C20H17NO/c1-4-8-15-16(5-2)21(3)17-12-11-14-13-9-6-7-10-18(13)22-20(14)19(15)17/h4-12H,2H2,1,3H3/b8-4-. The largest absolute Gasteiger partial charge is 0.455 e. The zero-order valence-corrected chi connectivity index (χ0v) is 12.8. The van der Waals surface area contributed by atoms with E-state index < -0.39 is 0 Å². The Morgan fingerprint density at radius 2 is 1.91 bits per heavy atom. The van der Waals surface area contributed by atoms with Crippen molar-refractivity contribution in [1.29, 1.82) is 0 Å². The normalized spacial score (nSPS) is 12.1. The second-order valence-electron chi connectivity index (χ2n) is 5.50. The van der Waals surface area contributed by atoms with E-state index in [-0.39, 0.29) is 0 Å². The van der Waals surface area contributed by atoms with Gasteiger partial charge in [0, 0.05) is 29.1 Å². The average Bonchev–Trinajstić information content (AvgIpc) is 3.04. The van der Waals surface area contributed by atoms with E-state index in [9.17, 15) is 0 Å². The lowest BCUT2D eigenvalue weighted by atomic mass is 10.1. The van der Waals surface area contributed by atoms with Gasteiger partial charge in [0.1, 0.15) is 11.2 Å². The Labute approximate surface area is 129 Å². The molecule has 0 aliphatic rings. The molecule has 0 N–H and O–H groups in total. The van der Waals surface area contributed by atoms with Gasteiger partial charge in [0.15, 0.2) is 0 Å². The van der Waals surface area contributed by atoms with Gasteiger partial charge in [-0.1, -0.05) is 36.9 Å². The first kappa shape index (κ1) is 13.0. The zero-order chi connectivity index (χ0) is 15.3. The number of hydrogen-bond donors (Lipinski definition) is 0. The lowest BCUT2D eigenvalue weighted by molar-refractivity contribution is 0.672. The molecule has 0 unspecified atom stereocenters. The summed E-state index contributed by atoms with van der Waals surface area (Å²) >= 11 is 0. The third kappa shape index (κ3) is 1.55. The predicted molar refractivity (Wildman–Crippen MR) is 95.0 cm³/mol. The van der Waals surface area contributed by atoms with E-state index in [4.69, 9.17) is 4.42 Å². The fraction of sp³-hybridized carbons (Fsp3) is 0.100. The molecule has 2 nitrogen and oxygen atoms in total. The van der Waals surface area contributed by atoms with Gasteiger partial charge >= 0.3 is 0 Å². The van der Waals surface area contributed by atoms with Gasteiger partial charge < -0.3 is 8.98 Å². The van der Waals surface area contributed by atoms with E-state index in [1.165, 1.54) is 5.56 Å². The van der Waals surface area contributed by atoms with Gasteiger partial charge in [0.05, 0.1) is 10.9 Å². The molecule has 0 amide bonds. The summed E-state index contributed by atoms with van der Waals surface area (Å²) in [5.74, 6) is 0. The highest BCUT2D eigenvalue weighted by molar-refractivity contribution is 6.17. The summed E-state index contributed by atoms with van der Waals surface area (Å²) in [7, 11) is 2.07. The average molecular weight is 287 g/mol. The van der Waals surface area contributed by atoms with Gasteiger partial charge in [-0.25, -0.2) is 0 Å². The van der Waals surface area contributed by atoms with Gasteiger partial charge in [-0.15, -0.1) is 0 Å². The first-order valence-corrected chi connectivity index (χ1v) is 7.44. The summed E-state index contributed by atoms with van der Waals surface area (Å²) in [6, 6.07) is 12.5. The van der Waals surface area contributed by atoms with Crippen molar-refractivity contribution in [2.75, 3.05) is 0 Å². The van der Waals surface area contributed by atoms with Crippen LogP contribution in [0.5, 0.6) is 0 Å². The number of para-hydroxylation sites is 1. The van der Waals surface area contributed by atoms with Crippen molar-refractivity contribution >= 4 is 45.0 Å². The SMILES string of the molecule is C=Cc1c(/C=C\C)c2c3oc4ccccc4c3ccc2n1C. The number of rotatable bonds is 2. The molecule has 0 aliphatic carbocycles. The minimum absolute atomic E-state index is 0.931. The van der Waals surface area contributed by atoms with Crippen LogP contribution in [0.1, 0.15) is 18.2 Å². The molecular formula is C20H17NO. The number of furan rings is 1. The number of allylic oxidation sites excluding steroid dienone is 1. The van der Waals surface area contributed by atoms with Crippen molar-refractivity contribution in [2.24, 2.45) is 7.05 Å². The molecule has 2 heterocycles. The number of aryl methyl sites for hydroxylation is 1. The fourth-order valence-electron chi connectivity index (χ4n) is 3.34. The van der Waals surface area contributed by atoms with Crippen LogP contribution in [-0.4, -0.2) is 4.57 Å². The first-order valence-electron chi connectivity index (χ1n) is 7.44. The van der Waals surface area contributed by atoms with E-state index in [0.29, 0.717) is 0 Å². The van der Waals surface area contributed by atoms with Gasteiger partial charge in [-0.2, -0.15) is 0 Å². The van der Waals surface area contributed by atoms with Crippen LogP contribution in [0.4, 0.5) is 0 Å². The molecule has 4 rings (SSSR count). The summed E-state index contributed by atoms with van der Waals surface area (Å²) < 4.78 is 8.35. The Balaban J connectivity index is 2.30. The van der Waals surface area contributed by atoms with Crippen molar-refractivity contribution in [3.05, 3.63) is 60.3 Å². The molecule has 0 aliphatic heterocycles. The summed E-state index contributed by atoms with van der Waals surface area (Å²) in [5, 5.41) is 3.48. The van der Waals surface area contributed by atoms with Gasteiger partial charge in [0.25, 0.3) is 0 Å². The second-order valence-corrected chi connectivity index (χ2v) is 5.50. The fourth-order valence-corrected chi connectivity index (χ4v) is 3.34. The Morgan fingerprint density at radius 1 is 1.09 bits per heavy atom. The highest BCUT2D eigenvalue weighted by Crippen LogP contribution is 2.38. The first-order chi connectivity index (χ1) is 10.8. The number of hydrogen-bond acceptors (Lipinski definition) is 1. The molecule has 4 aromatic rings. The minimum atomic E-state index is 0.931. The smallest absolute Gasteiger partial charge is 0.145 e. The topological polar surface area (TPSA) is 18.1 Å². The summed E-state index contributed by atoms with van der Waals surface area (Å²) in [5.41, 5.74) is 5.33. The predicted octanol–water partition coefficient (Wildman–Crippen LogP) is 5.75. The van der Waals surface area contributed by atoms with E-state index in [1.54, 1.807) is 0 Å². The van der Waals surface area contributed by atoms with E-state index >= 15 is 0 Å². The van der Waals surface area contributed by atoms with Crippen molar-refractivity contribution in [1.82, 2.24) is 4.57 Å². The monoisotopic (exact) mass is 287 g/mol. The van der Waals surface area contributed by atoms with Gasteiger partial charge in [-0.05, 0) is 31.2 Å². The lowest BCUT2D eigenvalue weighted by Crippen LogP contribution is -1.90. The summed E-state index contributed by atoms with van der Waals surface area (Å²) in [6.45, 7) is 6.00. The van der Waals surface area contributed by atoms with E-state index in [1.807, 2.05) is 25.1 Å². The molecule has 0 bridgehead atoms. The molecule has 2 aromatic heterocycles. The van der Waals surface area contributed by atoms with Crippen molar-refractivity contribution < 1.29 is 4.42 Å². The van der Waals surface area contributed by atoms with Crippen LogP contribution >= 0.6 is 0 Å². The van der Waals surface area contributed by atoms with Crippen LogP contribution in [0.2, 0.25) is 0 Å². The van der Waals surface area contributed by atoms with Crippen LogP contribution in [-0.2, 0) is 7.05 Å². The van der Waals surface area contributed by atoms with Crippen LogP contribution < -0.4 is 0 Å². The third-order valence-electron chi connectivity index (χ3n) is 4.32. The van der Waals surface area contributed by atoms with Crippen molar-refractivity contribution in [3.8, 4) is 0 Å². The van der Waals surface area contributed by atoms with Crippen LogP contribution in [0.15, 0.2) is 53.5 Å². The van der Waals surface area contributed by atoms with E-state index in [0.717, 1.165) is 38.5 Å².